The molecule has 0 saturated carbocycles. The van der Waals surface area contributed by atoms with E-state index >= 15 is 0 Å². The lowest BCUT2D eigenvalue weighted by molar-refractivity contribution is 0.0743. The molecule has 2 aromatic heterocycles. The molecule has 134 valence electrons. The number of benzene rings is 1. The first-order chi connectivity index (χ1) is 12.5. The first-order valence-electron chi connectivity index (χ1n) is 8.78. The summed E-state index contributed by atoms with van der Waals surface area (Å²) in [4.78, 5) is 18.9. The molecule has 0 radical (unpaired) electrons. The van der Waals surface area contributed by atoms with E-state index in [2.05, 4.69) is 16.1 Å². The van der Waals surface area contributed by atoms with Gasteiger partial charge in [0.15, 0.2) is 0 Å². The molecule has 1 atom stereocenters. The molecule has 3 aromatic rings. The van der Waals surface area contributed by atoms with Crippen molar-refractivity contribution in [1.82, 2.24) is 19.7 Å². The first-order valence-corrected chi connectivity index (χ1v) is 8.78. The van der Waals surface area contributed by atoms with Gasteiger partial charge in [0.05, 0.1) is 18.3 Å². The summed E-state index contributed by atoms with van der Waals surface area (Å²) in [6, 6.07) is 14.2. The zero-order valence-electron chi connectivity index (χ0n) is 15.5. The summed E-state index contributed by atoms with van der Waals surface area (Å²) in [6.45, 7) is 4.74. The van der Waals surface area contributed by atoms with Crippen LogP contribution in [0.5, 0.6) is 0 Å². The number of likely N-dealkylation sites (N-methyl/N-ethyl adjacent to an activating group) is 1. The van der Waals surface area contributed by atoms with E-state index in [9.17, 15) is 4.79 Å². The molecule has 0 fully saturated rings. The van der Waals surface area contributed by atoms with Gasteiger partial charge < -0.3 is 4.90 Å². The summed E-state index contributed by atoms with van der Waals surface area (Å²) < 4.78 is 1.79. The fourth-order valence-electron chi connectivity index (χ4n) is 2.88. The number of hydrogen-bond donors (Lipinski definition) is 0. The van der Waals surface area contributed by atoms with Gasteiger partial charge in [-0.3, -0.25) is 14.5 Å². The molecular weight excluding hydrogens is 324 g/mol. The summed E-state index contributed by atoms with van der Waals surface area (Å²) in [5, 5.41) is 4.33. The van der Waals surface area contributed by atoms with Crippen LogP contribution in [-0.4, -0.2) is 38.7 Å². The highest BCUT2D eigenvalue weighted by molar-refractivity contribution is 5.93. The van der Waals surface area contributed by atoms with Crippen molar-refractivity contribution in [3.05, 3.63) is 83.4 Å². The van der Waals surface area contributed by atoms with Crippen LogP contribution in [0.2, 0.25) is 0 Å². The lowest BCUT2D eigenvalue weighted by atomic mass is 10.1. The number of aryl methyl sites for hydroxylation is 1. The second-order valence-electron chi connectivity index (χ2n) is 6.71. The SMILES string of the molecule is Cc1ccnc(CC(C)N(C)C(=O)c2cnn(Cc3ccccc3)c2)c1. The largest absolute Gasteiger partial charge is 0.339 e. The van der Waals surface area contributed by atoms with Crippen molar-refractivity contribution in [2.75, 3.05) is 7.05 Å². The third-order valence-corrected chi connectivity index (χ3v) is 4.53. The minimum absolute atomic E-state index is 0.0236. The monoisotopic (exact) mass is 348 g/mol. The van der Waals surface area contributed by atoms with E-state index in [0.717, 1.165) is 17.7 Å². The average molecular weight is 348 g/mol. The van der Waals surface area contributed by atoms with Crippen LogP contribution in [0.1, 0.15) is 34.1 Å². The summed E-state index contributed by atoms with van der Waals surface area (Å²) in [7, 11) is 1.83. The van der Waals surface area contributed by atoms with Crippen molar-refractivity contribution >= 4 is 5.91 Å². The predicted octanol–water partition coefficient (Wildman–Crippen LogP) is 3.34. The van der Waals surface area contributed by atoms with Gasteiger partial charge in [0.25, 0.3) is 5.91 Å². The molecule has 0 aliphatic rings. The molecule has 0 bridgehead atoms. The van der Waals surface area contributed by atoms with Crippen molar-refractivity contribution in [2.24, 2.45) is 0 Å². The molecule has 26 heavy (non-hydrogen) atoms. The third-order valence-electron chi connectivity index (χ3n) is 4.53. The van der Waals surface area contributed by atoms with Gasteiger partial charge in [-0.05, 0) is 37.1 Å². The molecule has 0 aliphatic carbocycles. The number of hydrogen-bond acceptors (Lipinski definition) is 3. The molecule has 1 unspecified atom stereocenters. The lowest BCUT2D eigenvalue weighted by Gasteiger charge is -2.24. The van der Waals surface area contributed by atoms with E-state index in [1.807, 2.05) is 69.7 Å². The van der Waals surface area contributed by atoms with Crippen molar-refractivity contribution in [2.45, 2.75) is 32.9 Å². The maximum atomic E-state index is 12.8. The van der Waals surface area contributed by atoms with E-state index in [1.165, 1.54) is 5.56 Å². The van der Waals surface area contributed by atoms with Crippen LogP contribution >= 0.6 is 0 Å². The Kier molecular flexibility index (Phi) is 5.46. The van der Waals surface area contributed by atoms with Crippen LogP contribution in [0.3, 0.4) is 0 Å². The summed E-state index contributed by atoms with van der Waals surface area (Å²) in [5.74, 6) is -0.0236. The maximum Gasteiger partial charge on any atom is 0.257 e. The fourth-order valence-corrected chi connectivity index (χ4v) is 2.88. The molecule has 2 heterocycles. The normalized spacial score (nSPS) is 12.0. The molecule has 0 aliphatic heterocycles. The molecule has 3 rings (SSSR count). The Morgan fingerprint density at radius 1 is 1.23 bits per heavy atom. The Hall–Kier alpha value is -2.95. The molecule has 0 N–H and O–H groups in total. The standard InChI is InChI=1S/C21H24N4O/c1-16-9-10-22-20(11-16)12-17(2)24(3)21(26)19-13-23-25(15-19)14-18-7-5-4-6-8-18/h4-11,13,15,17H,12,14H2,1-3H3. The Balaban J connectivity index is 1.64. The van der Waals surface area contributed by atoms with Gasteiger partial charge in [0.2, 0.25) is 0 Å². The molecule has 1 amide bonds. The van der Waals surface area contributed by atoms with Gasteiger partial charge in [-0.2, -0.15) is 5.10 Å². The Morgan fingerprint density at radius 3 is 2.73 bits per heavy atom. The third kappa shape index (κ3) is 4.36. The number of nitrogens with zero attached hydrogens (tertiary/aromatic N) is 4. The zero-order chi connectivity index (χ0) is 18.5. The molecule has 0 saturated heterocycles. The molecular formula is C21H24N4O. The minimum atomic E-state index is -0.0236. The van der Waals surface area contributed by atoms with Crippen molar-refractivity contribution in [3.8, 4) is 0 Å². The smallest absolute Gasteiger partial charge is 0.257 e. The van der Waals surface area contributed by atoms with Gasteiger partial charge >= 0.3 is 0 Å². The highest BCUT2D eigenvalue weighted by atomic mass is 16.2. The second kappa shape index (κ2) is 7.95. The van der Waals surface area contributed by atoms with Gasteiger partial charge in [0.1, 0.15) is 0 Å². The zero-order valence-corrected chi connectivity index (χ0v) is 15.5. The molecule has 1 aromatic carbocycles. The highest BCUT2D eigenvalue weighted by Gasteiger charge is 2.19. The van der Waals surface area contributed by atoms with Crippen LogP contribution in [0, 0.1) is 6.92 Å². The highest BCUT2D eigenvalue weighted by Crippen LogP contribution is 2.11. The number of amides is 1. The Labute approximate surface area is 154 Å². The minimum Gasteiger partial charge on any atom is -0.339 e. The number of carbonyl (C=O) groups excluding carboxylic acids is 1. The lowest BCUT2D eigenvalue weighted by Crippen LogP contribution is -2.36. The average Bonchev–Trinajstić information content (AvgIpc) is 3.09. The van der Waals surface area contributed by atoms with Crippen molar-refractivity contribution < 1.29 is 4.79 Å². The first kappa shape index (κ1) is 17.9. The van der Waals surface area contributed by atoms with Crippen molar-refractivity contribution in [1.29, 1.82) is 0 Å². The topological polar surface area (TPSA) is 51.0 Å². The van der Waals surface area contributed by atoms with Crippen molar-refractivity contribution in [3.63, 3.8) is 0 Å². The number of pyridine rings is 1. The molecule has 0 spiro atoms. The van der Waals surface area contributed by atoms with E-state index in [0.29, 0.717) is 12.1 Å². The van der Waals surface area contributed by atoms with Gasteiger partial charge in [0, 0.05) is 37.6 Å². The van der Waals surface area contributed by atoms with Crippen LogP contribution in [0.15, 0.2) is 61.1 Å². The maximum absolute atomic E-state index is 12.8. The summed E-state index contributed by atoms with van der Waals surface area (Å²) in [5.41, 5.74) is 3.93. The molecule has 5 nitrogen and oxygen atoms in total. The van der Waals surface area contributed by atoms with Gasteiger partial charge in [-0.1, -0.05) is 30.3 Å². The van der Waals surface area contributed by atoms with E-state index in [4.69, 9.17) is 0 Å². The van der Waals surface area contributed by atoms with Crippen LogP contribution in [-0.2, 0) is 13.0 Å². The van der Waals surface area contributed by atoms with E-state index in [-0.39, 0.29) is 11.9 Å². The van der Waals surface area contributed by atoms with Gasteiger partial charge in [-0.25, -0.2) is 0 Å². The van der Waals surface area contributed by atoms with E-state index in [1.54, 1.807) is 15.8 Å². The van der Waals surface area contributed by atoms with Crippen LogP contribution in [0.4, 0.5) is 0 Å². The fraction of sp³-hybridized carbons (Fsp3) is 0.286. The Morgan fingerprint density at radius 2 is 2.00 bits per heavy atom. The van der Waals surface area contributed by atoms with E-state index < -0.39 is 0 Å². The van der Waals surface area contributed by atoms with Crippen LogP contribution in [0.25, 0.3) is 0 Å². The molecule has 5 heteroatoms. The second-order valence-corrected chi connectivity index (χ2v) is 6.71. The number of aromatic nitrogens is 3. The Bertz CT molecular complexity index is 872. The summed E-state index contributed by atoms with van der Waals surface area (Å²) in [6.07, 6.45) is 5.98. The number of rotatable bonds is 6. The van der Waals surface area contributed by atoms with Gasteiger partial charge in [-0.15, -0.1) is 0 Å². The summed E-state index contributed by atoms with van der Waals surface area (Å²) >= 11 is 0. The predicted molar refractivity (Wildman–Crippen MR) is 102 cm³/mol. The quantitative estimate of drug-likeness (QED) is 0.686. The number of carbonyl (C=O) groups is 1. The van der Waals surface area contributed by atoms with Crippen LogP contribution < -0.4 is 0 Å².